The van der Waals surface area contributed by atoms with Gasteiger partial charge < -0.3 is 5.11 Å². The molecule has 1 atom stereocenters. The Morgan fingerprint density at radius 1 is 0.853 bits per heavy atom. The standard InChI is InChI=1S/C26H19NO5S2/c28-24(19-9-5-2-6-10-19)20-13-11-17(12-14-20)22-15-21-16-27(34(31,32)26(21)33-22)23(25(29)30)18-7-3-1-4-8-18/h1-15,23H,16H2,(H,29,30). The number of fused-ring (bicyclic) bond motifs is 1. The number of rotatable bonds is 6. The fourth-order valence-electron chi connectivity index (χ4n) is 4.08. The van der Waals surface area contributed by atoms with Gasteiger partial charge in [0.15, 0.2) is 5.78 Å². The van der Waals surface area contributed by atoms with Gasteiger partial charge in [-0.05, 0) is 22.8 Å². The molecule has 1 aromatic heterocycles. The lowest BCUT2D eigenvalue weighted by atomic mass is 10.0. The molecule has 0 radical (unpaired) electrons. The molecule has 0 aliphatic carbocycles. The van der Waals surface area contributed by atoms with Crippen LogP contribution in [0.25, 0.3) is 10.4 Å². The fraction of sp³-hybridized carbons (Fsp3) is 0.0769. The second-order valence-electron chi connectivity index (χ2n) is 7.90. The highest BCUT2D eigenvalue weighted by molar-refractivity contribution is 7.91. The van der Waals surface area contributed by atoms with E-state index in [1.54, 1.807) is 72.8 Å². The molecule has 1 aliphatic heterocycles. The number of hydrogen-bond donors (Lipinski definition) is 1. The zero-order valence-electron chi connectivity index (χ0n) is 17.8. The lowest BCUT2D eigenvalue weighted by Crippen LogP contribution is -2.34. The zero-order valence-corrected chi connectivity index (χ0v) is 19.4. The third-order valence-corrected chi connectivity index (χ3v) is 9.34. The van der Waals surface area contributed by atoms with E-state index in [-0.39, 0.29) is 16.5 Å². The summed E-state index contributed by atoms with van der Waals surface area (Å²) in [6, 6.07) is 24.9. The zero-order chi connectivity index (χ0) is 23.9. The highest BCUT2D eigenvalue weighted by Crippen LogP contribution is 2.44. The van der Waals surface area contributed by atoms with E-state index in [2.05, 4.69) is 0 Å². The minimum Gasteiger partial charge on any atom is -0.480 e. The van der Waals surface area contributed by atoms with Gasteiger partial charge in [-0.2, -0.15) is 4.31 Å². The summed E-state index contributed by atoms with van der Waals surface area (Å²) in [6.07, 6.45) is 0. The van der Waals surface area contributed by atoms with Gasteiger partial charge in [-0.25, -0.2) is 8.42 Å². The van der Waals surface area contributed by atoms with E-state index in [1.807, 2.05) is 18.2 Å². The predicted octanol–water partition coefficient (Wildman–Crippen LogP) is 4.98. The Hall–Kier alpha value is -3.59. The molecule has 0 saturated heterocycles. The smallest absolute Gasteiger partial charge is 0.326 e. The second kappa shape index (κ2) is 8.64. The normalized spacial score (nSPS) is 15.5. The van der Waals surface area contributed by atoms with Gasteiger partial charge in [-0.3, -0.25) is 9.59 Å². The maximum absolute atomic E-state index is 13.3. The summed E-state index contributed by atoms with van der Waals surface area (Å²) in [5, 5.41) is 9.79. The molecule has 5 rings (SSSR count). The van der Waals surface area contributed by atoms with E-state index in [9.17, 15) is 23.1 Å². The largest absolute Gasteiger partial charge is 0.480 e. The Morgan fingerprint density at radius 2 is 1.44 bits per heavy atom. The molecule has 0 saturated carbocycles. The van der Waals surface area contributed by atoms with Crippen LogP contribution in [-0.4, -0.2) is 29.6 Å². The molecule has 170 valence electrons. The Kier molecular flexibility index (Phi) is 5.65. The van der Waals surface area contributed by atoms with Crippen LogP contribution in [0.15, 0.2) is 95.2 Å². The van der Waals surface area contributed by atoms with Crippen molar-refractivity contribution >= 4 is 33.1 Å². The van der Waals surface area contributed by atoms with Crippen LogP contribution >= 0.6 is 11.3 Å². The van der Waals surface area contributed by atoms with Crippen molar-refractivity contribution in [3.63, 3.8) is 0 Å². The molecule has 1 N–H and O–H groups in total. The number of carbonyl (C=O) groups is 2. The second-order valence-corrected chi connectivity index (χ2v) is 11.0. The maximum Gasteiger partial charge on any atom is 0.326 e. The van der Waals surface area contributed by atoms with Crippen LogP contribution in [0, 0.1) is 0 Å². The summed E-state index contributed by atoms with van der Waals surface area (Å²) in [7, 11) is -3.97. The Labute approximate surface area is 200 Å². The number of carboxylic acid groups (broad SMARTS) is 1. The van der Waals surface area contributed by atoms with E-state index >= 15 is 0 Å². The number of hydrogen-bond acceptors (Lipinski definition) is 5. The highest BCUT2D eigenvalue weighted by atomic mass is 32.2. The van der Waals surface area contributed by atoms with Gasteiger partial charge in [-0.15, -0.1) is 11.3 Å². The number of carbonyl (C=O) groups excluding carboxylic acids is 1. The Bertz CT molecular complexity index is 1480. The Morgan fingerprint density at radius 3 is 2.03 bits per heavy atom. The summed E-state index contributed by atoms with van der Waals surface area (Å²) in [5.74, 6) is -1.30. The van der Waals surface area contributed by atoms with Gasteiger partial charge >= 0.3 is 5.97 Å². The molecule has 0 spiro atoms. The first kappa shape index (κ1) is 22.2. The first-order chi connectivity index (χ1) is 16.4. The van der Waals surface area contributed by atoms with Gasteiger partial charge in [-0.1, -0.05) is 84.9 Å². The molecule has 4 aromatic rings. The van der Waals surface area contributed by atoms with Crippen molar-refractivity contribution in [2.24, 2.45) is 0 Å². The SMILES string of the molecule is O=C(c1ccccc1)c1ccc(-c2cc3c(s2)S(=O)(=O)N(C(C(=O)O)c2ccccc2)C3)cc1. The minimum atomic E-state index is -3.97. The molecule has 6 nitrogen and oxygen atoms in total. The van der Waals surface area contributed by atoms with Crippen molar-refractivity contribution in [2.45, 2.75) is 16.8 Å². The molecule has 8 heteroatoms. The number of thiophene rings is 1. The minimum absolute atomic E-state index is 0.00932. The summed E-state index contributed by atoms with van der Waals surface area (Å²) >= 11 is 1.11. The molecular weight excluding hydrogens is 470 g/mol. The van der Waals surface area contributed by atoms with Crippen LogP contribution in [0.1, 0.15) is 33.1 Å². The first-order valence-corrected chi connectivity index (χ1v) is 12.7. The first-order valence-electron chi connectivity index (χ1n) is 10.5. The third-order valence-electron chi connectivity index (χ3n) is 5.74. The molecule has 2 heterocycles. The third kappa shape index (κ3) is 3.86. The quantitative estimate of drug-likeness (QED) is 0.386. The number of sulfonamides is 1. The number of carboxylic acids is 1. The van der Waals surface area contributed by atoms with E-state index in [1.165, 1.54) is 0 Å². The fourth-order valence-corrected chi connectivity index (χ4v) is 7.44. The number of benzene rings is 3. The van der Waals surface area contributed by atoms with Gasteiger partial charge in [0, 0.05) is 22.5 Å². The van der Waals surface area contributed by atoms with Crippen molar-refractivity contribution in [2.75, 3.05) is 0 Å². The average molecular weight is 490 g/mol. The lowest BCUT2D eigenvalue weighted by molar-refractivity contribution is -0.141. The summed E-state index contributed by atoms with van der Waals surface area (Å²) < 4.78 is 27.8. The lowest BCUT2D eigenvalue weighted by Gasteiger charge is -2.23. The van der Waals surface area contributed by atoms with E-state index < -0.39 is 22.0 Å². The van der Waals surface area contributed by atoms with Crippen LogP contribution < -0.4 is 0 Å². The van der Waals surface area contributed by atoms with Crippen molar-refractivity contribution in [1.29, 1.82) is 0 Å². The van der Waals surface area contributed by atoms with Crippen molar-refractivity contribution in [3.05, 3.63) is 113 Å². The number of aliphatic carboxylic acids is 1. The predicted molar refractivity (Wildman–Crippen MR) is 129 cm³/mol. The Balaban J connectivity index is 1.43. The molecule has 0 amide bonds. The van der Waals surface area contributed by atoms with Crippen LogP contribution in [0.3, 0.4) is 0 Å². The van der Waals surface area contributed by atoms with Crippen LogP contribution in [-0.2, 0) is 21.4 Å². The van der Waals surface area contributed by atoms with Gasteiger partial charge in [0.1, 0.15) is 10.3 Å². The monoisotopic (exact) mass is 489 g/mol. The topological polar surface area (TPSA) is 91.8 Å². The van der Waals surface area contributed by atoms with Crippen LogP contribution in [0.5, 0.6) is 0 Å². The molecule has 0 fully saturated rings. The van der Waals surface area contributed by atoms with Crippen molar-refractivity contribution in [1.82, 2.24) is 4.31 Å². The summed E-state index contributed by atoms with van der Waals surface area (Å²) in [6.45, 7) is -0.00932. The molecule has 34 heavy (non-hydrogen) atoms. The highest BCUT2D eigenvalue weighted by Gasteiger charge is 2.44. The van der Waals surface area contributed by atoms with E-state index in [4.69, 9.17) is 0 Å². The molecular formula is C26H19NO5S2. The van der Waals surface area contributed by atoms with Gasteiger partial charge in [0.05, 0.1) is 0 Å². The molecule has 0 bridgehead atoms. The van der Waals surface area contributed by atoms with Crippen molar-refractivity contribution in [3.8, 4) is 10.4 Å². The van der Waals surface area contributed by atoms with E-state index in [0.717, 1.165) is 26.1 Å². The van der Waals surface area contributed by atoms with Crippen LogP contribution in [0.2, 0.25) is 0 Å². The van der Waals surface area contributed by atoms with Gasteiger partial charge in [0.2, 0.25) is 0 Å². The number of nitrogens with zero attached hydrogens (tertiary/aromatic N) is 1. The summed E-state index contributed by atoms with van der Waals surface area (Å²) in [4.78, 5) is 25.4. The van der Waals surface area contributed by atoms with E-state index in [0.29, 0.717) is 22.3 Å². The van der Waals surface area contributed by atoms with Gasteiger partial charge in [0.25, 0.3) is 10.0 Å². The summed E-state index contributed by atoms with van der Waals surface area (Å²) in [5.41, 5.74) is 2.93. The maximum atomic E-state index is 13.3. The number of ketones is 1. The van der Waals surface area contributed by atoms with Crippen LogP contribution in [0.4, 0.5) is 0 Å². The molecule has 1 unspecified atom stereocenters. The average Bonchev–Trinajstić information content (AvgIpc) is 3.38. The molecule has 3 aromatic carbocycles. The molecule has 1 aliphatic rings. The van der Waals surface area contributed by atoms with Crippen molar-refractivity contribution < 1.29 is 23.1 Å².